The predicted molar refractivity (Wildman–Crippen MR) is 90.8 cm³/mol. The predicted octanol–water partition coefficient (Wildman–Crippen LogP) is 2.55. The summed E-state index contributed by atoms with van der Waals surface area (Å²) in [7, 11) is -2.43. The molecule has 0 bridgehead atoms. The number of ether oxygens (including phenoxy) is 2. The Morgan fingerprint density at radius 2 is 1.60 bits per heavy atom. The van der Waals surface area contributed by atoms with Crippen molar-refractivity contribution in [3.05, 3.63) is 65.7 Å². The average molecular weight is 362 g/mol. The van der Waals surface area contributed by atoms with E-state index in [1.165, 1.54) is 38.3 Å². The van der Waals surface area contributed by atoms with Gasteiger partial charge < -0.3 is 9.47 Å². The molecule has 0 aliphatic heterocycles. The van der Waals surface area contributed by atoms with Gasteiger partial charge in [-0.1, -0.05) is 49.4 Å². The zero-order valence-electron chi connectivity index (χ0n) is 13.8. The standard InChI is InChI=1S/C18H18O6S/c1-3-25(21,22)15-12-8-7-11-14(15)17(19)24-16(18(20)23-2)13-9-5-4-6-10-13/h4-12,16H,3H2,1-2H3/t16-/m0/s1. The molecule has 0 aliphatic carbocycles. The number of sulfone groups is 1. The van der Waals surface area contributed by atoms with Crippen molar-refractivity contribution in [3.63, 3.8) is 0 Å². The van der Waals surface area contributed by atoms with Crippen LogP contribution in [0.3, 0.4) is 0 Å². The summed E-state index contributed by atoms with van der Waals surface area (Å²) >= 11 is 0. The molecule has 0 amide bonds. The Bertz CT molecular complexity index is 858. The molecule has 0 heterocycles. The summed E-state index contributed by atoms with van der Waals surface area (Å²) in [4.78, 5) is 24.4. The topological polar surface area (TPSA) is 86.7 Å². The Labute approximate surface area is 146 Å². The second-order valence-corrected chi connectivity index (χ2v) is 7.37. The molecule has 0 unspecified atom stereocenters. The van der Waals surface area contributed by atoms with Crippen LogP contribution in [0.15, 0.2) is 59.5 Å². The lowest BCUT2D eigenvalue weighted by Gasteiger charge is -2.17. The quantitative estimate of drug-likeness (QED) is 0.734. The van der Waals surface area contributed by atoms with E-state index in [2.05, 4.69) is 4.74 Å². The fourth-order valence-corrected chi connectivity index (χ4v) is 3.30. The number of benzene rings is 2. The van der Waals surface area contributed by atoms with Crippen LogP contribution in [0.25, 0.3) is 0 Å². The third-order valence-corrected chi connectivity index (χ3v) is 5.35. The van der Waals surface area contributed by atoms with Gasteiger partial charge in [0.05, 0.1) is 23.3 Å². The van der Waals surface area contributed by atoms with Crippen molar-refractivity contribution in [1.82, 2.24) is 0 Å². The summed E-state index contributed by atoms with van der Waals surface area (Å²) in [5, 5.41) is 0. The third kappa shape index (κ3) is 4.24. The van der Waals surface area contributed by atoms with E-state index >= 15 is 0 Å². The first-order chi connectivity index (χ1) is 11.9. The first-order valence-electron chi connectivity index (χ1n) is 7.56. The van der Waals surface area contributed by atoms with Gasteiger partial charge in [0.25, 0.3) is 0 Å². The highest BCUT2D eigenvalue weighted by Crippen LogP contribution is 2.24. The summed E-state index contributed by atoms with van der Waals surface area (Å²) < 4.78 is 34.3. The van der Waals surface area contributed by atoms with Crippen LogP contribution in [0.1, 0.15) is 28.9 Å². The second-order valence-electron chi connectivity index (χ2n) is 5.12. The SMILES string of the molecule is CCS(=O)(=O)c1ccccc1C(=O)O[C@H](C(=O)OC)c1ccccc1. The molecule has 2 aromatic rings. The number of rotatable bonds is 6. The van der Waals surface area contributed by atoms with Crippen LogP contribution < -0.4 is 0 Å². The highest BCUT2D eigenvalue weighted by atomic mass is 32.2. The molecule has 0 N–H and O–H groups in total. The molecule has 132 valence electrons. The Morgan fingerprint density at radius 3 is 2.20 bits per heavy atom. The summed E-state index contributed by atoms with van der Waals surface area (Å²) in [5.74, 6) is -1.82. The molecule has 0 radical (unpaired) electrons. The van der Waals surface area contributed by atoms with Gasteiger partial charge in [0, 0.05) is 5.56 Å². The van der Waals surface area contributed by atoms with E-state index < -0.39 is 27.9 Å². The van der Waals surface area contributed by atoms with Crippen LogP contribution in [0, 0.1) is 0 Å². The molecular formula is C18H18O6S. The lowest BCUT2D eigenvalue weighted by Crippen LogP contribution is -2.22. The Hall–Kier alpha value is -2.67. The number of hydrogen-bond donors (Lipinski definition) is 0. The van der Waals surface area contributed by atoms with E-state index in [1.54, 1.807) is 30.3 Å². The van der Waals surface area contributed by atoms with E-state index in [1.807, 2.05) is 0 Å². The van der Waals surface area contributed by atoms with Gasteiger partial charge in [-0.15, -0.1) is 0 Å². The molecule has 2 rings (SSSR count). The van der Waals surface area contributed by atoms with Crippen LogP contribution in [0.5, 0.6) is 0 Å². The maximum absolute atomic E-state index is 12.5. The smallest absolute Gasteiger partial charge is 0.351 e. The maximum atomic E-state index is 12.5. The van der Waals surface area contributed by atoms with Crippen molar-refractivity contribution in [1.29, 1.82) is 0 Å². The molecule has 0 fully saturated rings. The molecule has 2 aromatic carbocycles. The van der Waals surface area contributed by atoms with Crippen molar-refractivity contribution < 1.29 is 27.5 Å². The van der Waals surface area contributed by atoms with Crippen LogP contribution in [-0.4, -0.2) is 33.2 Å². The minimum atomic E-state index is -3.62. The Morgan fingerprint density at radius 1 is 1.00 bits per heavy atom. The molecule has 0 aromatic heterocycles. The molecule has 0 saturated heterocycles. The van der Waals surface area contributed by atoms with Crippen molar-refractivity contribution in [2.24, 2.45) is 0 Å². The van der Waals surface area contributed by atoms with Gasteiger partial charge in [-0.25, -0.2) is 18.0 Å². The molecule has 1 atom stereocenters. The van der Waals surface area contributed by atoms with E-state index in [9.17, 15) is 18.0 Å². The van der Waals surface area contributed by atoms with Gasteiger partial charge in [0.1, 0.15) is 0 Å². The zero-order chi connectivity index (χ0) is 18.4. The van der Waals surface area contributed by atoms with E-state index in [0.717, 1.165) is 0 Å². The summed E-state index contributed by atoms with van der Waals surface area (Å²) in [6.07, 6.45) is -1.28. The van der Waals surface area contributed by atoms with Crippen LogP contribution in [0.2, 0.25) is 0 Å². The van der Waals surface area contributed by atoms with Gasteiger partial charge in [-0.05, 0) is 12.1 Å². The minimum absolute atomic E-state index is 0.116. The van der Waals surface area contributed by atoms with Gasteiger partial charge in [0.2, 0.25) is 6.10 Å². The van der Waals surface area contributed by atoms with Gasteiger partial charge >= 0.3 is 11.9 Å². The lowest BCUT2D eigenvalue weighted by atomic mass is 10.1. The van der Waals surface area contributed by atoms with Crippen LogP contribution in [0.4, 0.5) is 0 Å². The highest BCUT2D eigenvalue weighted by Gasteiger charge is 2.29. The maximum Gasteiger partial charge on any atom is 0.351 e. The average Bonchev–Trinajstić information content (AvgIpc) is 2.66. The Balaban J connectivity index is 2.39. The second kappa shape index (κ2) is 7.94. The zero-order valence-corrected chi connectivity index (χ0v) is 14.7. The summed E-state index contributed by atoms with van der Waals surface area (Å²) in [6.45, 7) is 1.48. The number of hydrogen-bond acceptors (Lipinski definition) is 6. The Kier molecular flexibility index (Phi) is 5.93. The highest BCUT2D eigenvalue weighted by molar-refractivity contribution is 7.91. The molecule has 0 saturated carbocycles. The first kappa shape index (κ1) is 18.7. The summed E-state index contributed by atoms with van der Waals surface area (Å²) in [5.41, 5.74) is 0.313. The van der Waals surface area contributed by atoms with Crippen molar-refractivity contribution in [3.8, 4) is 0 Å². The van der Waals surface area contributed by atoms with Crippen molar-refractivity contribution >= 4 is 21.8 Å². The van der Waals surface area contributed by atoms with Gasteiger partial charge in [0.15, 0.2) is 9.84 Å². The number of carbonyl (C=O) groups excluding carboxylic acids is 2. The largest absolute Gasteiger partial charge is 0.466 e. The fraction of sp³-hybridized carbons (Fsp3) is 0.222. The monoisotopic (exact) mass is 362 g/mol. The van der Waals surface area contributed by atoms with Gasteiger partial charge in [-0.2, -0.15) is 0 Å². The molecule has 6 nitrogen and oxygen atoms in total. The number of esters is 2. The number of methoxy groups -OCH3 is 1. The van der Waals surface area contributed by atoms with E-state index in [0.29, 0.717) is 5.56 Å². The molecule has 7 heteroatoms. The first-order valence-corrected chi connectivity index (χ1v) is 9.21. The molecule has 0 aliphatic rings. The normalized spacial score (nSPS) is 12.2. The molecule has 0 spiro atoms. The lowest BCUT2D eigenvalue weighted by molar-refractivity contribution is -0.151. The fourth-order valence-electron chi connectivity index (χ4n) is 2.22. The third-order valence-electron chi connectivity index (χ3n) is 3.56. The molecule has 25 heavy (non-hydrogen) atoms. The van der Waals surface area contributed by atoms with Crippen molar-refractivity contribution in [2.45, 2.75) is 17.9 Å². The van der Waals surface area contributed by atoms with E-state index in [-0.39, 0.29) is 16.2 Å². The van der Waals surface area contributed by atoms with Crippen molar-refractivity contribution in [2.75, 3.05) is 12.9 Å². The van der Waals surface area contributed by atoms with E-state index in [4.69, 9.17) is 4.74 Å². The van der Waals surface area contributed by atoms with Crippen LogP contribution >= 0.6 is 0 Å². The number of carbonyl (C=O) groups is 2. The van der Waals surface area contributed by atoms with Gasteiger partial charge in [-0.3, -0.25) is 0 Å². The summed E-state index contributed by atoms with van der Waals surface area (Å²) in [6, 6.07) is 14.1. The molecular weight excluding hydrogens is 344 g/mol. The van der Waals surface area contributed by atoms with Crippen LogP contribution in [-0.2, 0) is 24.1 Å². The minimum Gasteiger partial charge on any atom is -0.466 e.